The number of nitrogens with one attached hydrogen (secondary N) is 1. The molecule has 1 unspecified atom stereocenters. The van der Waals surface area contributed by atoms with Gasteiger partial charge in [0.15, 0.2) is 6.04 Å². The van der Waals surface area contributed by atoms with Crippen LogP contribution in [-0.2, 0) is 4.79 Å². The second-order valence-electron chi connectivity index (χ2n) is 4.18. The minimum atomic E-state index is -1.93. The first-order valence-corrected chi connectivity index (χ1v) is 6.85. The van der Waals surface area contributed by atoms with Crippen LogP contribution in [0, 0.1) is 11.6 Å². The van der Waals surface area contributed by atoms with Crippen LogP contribution in [0.2, 0.25) is 0 Å². The predicted molar refractivity (Wildman–Crippen MR) is 73.9 cm³/mol. The van der Waals surface area contributed by atoms with Crippen LogP contribution in [-0.4, -0.2) is 28.8 Å². The molecule has 2 aromatic rings. The summed E-state index contributed by atoms with van der Waals surface area (Å²) < 4.78 is 27.0. The van der Waals surface area contributed by atoms with Crippen LogP contribution in [0.25, 0.3) is 0 Å². The van der Waals surface area contributed by atoms with Gasteiger partial charge in [-0.1, -0.05) is 12.1 Å². The van der Waals surface area contributed by atoms with Crippen molar-refractivity contribution in [3.63, 3.8) is 0 Å². The Bertz CT molecular complexity index is 710. The van der Waals surface area contributed by atoms with Gasteiger partial charge in [0.05, 0.1) is 4.88 Å². The van der Waals surface area contributed by atoms with E-state index in [1.54, 1.807) is 5.38 Å². The van der Waals surface area contributed by atoms with Crippen LogP contribution in [0.3, 0.4) is 0 Å². The summed E-state index contributed by atoms with van der Waals surface area (Å²) in [7, 11) is 0. The average molecular weight is 325 g/mol. The fraction of sp³-hybridized carbons (Fsp3) is 0.0714. The fourth-order valence-corrected chi connectivity index (χ4v) is 2.41. The number of benzene rings is 1. The van der Waals surface area contributed by atoms with Crippen molar-refractivity contribution in [2.45, 2.75) is 6.04 Å². The molecule has 0 aliphatic rings. The van der Waals surface area contributed by atoms with Gasteiger partial charge in [0.2, 0.25) is 5.78 Å². The zero-order valence-corrected chi connectivity index (χ0v) is 11.7. The number of carboxylic acid groups (broad SMARTS) is 1. The quantitative estimate of drug-likeness (QED) is 0.651. The van der Waals surface area contributed by atoms with E-state index in [2.05, 4.69) is 0 Å². The van der Waals surface area contributed by atoms with E-state index in [0.717, 1.165) is 29.5 Å². The molecule has 0 radical (unpaired) electrons. The lowest BCUT2D eigenvalue weighted by atomic mass is 10.1. The number of carbonyl (C=O) groups is 3. The lowest BCUT2D eigenvalue weighted by Crippen LogP contribution is -2.46. The van der Waals surface area contributed by atoms with Crippen molar-refractivity contribution in [3.05, 3.63) is 57.8 Å². The number of rotatable bonds is 5. The topological polar surface area (TPSA) is 83.5 Å². The van der Waals surface area contributed by atoms with E-state index in [4.69, 9.17) is 5.11 Å². The van der Waals surface area contributed by atoms with E-state index < -0.39 is 40.9 Å². The standard InChI is InChI=1S/C14H9F2NO4S/c15-7-3-1-4-8(16)10(7)13(19)17-11(14(20)21)12(18)9-5-2-6-22-9/h1-6,11H,(H,17,19)(H,20,21). The SMILES string of the molecule is O=C(NC(C(=O)O)C(=O)c1cccs1)c1c(F)cccc1F. The van der Waals surface area contributed by atoms with Gasteiger partial charge in [-0.05, 0) is 23.6 Å². The van der Waals surface area contributed by atoms with Gasteiger partial charge >= 0.3 is 5.97 Å². The van der Waals surface area contributed by atoms with Crippen LogP contribution in [0.15, 0.2) is 35.7 Å². The minimum absolute atomic E-state index is 0.113. The van der Waals surface area contributed by atoms with Crippen LogP contribution in [0.4, 0.5) is 8.78 Å². The van der Waals surface area contributed by atoms with Gasteiger partial charge in [0.1, 0.15) is 17.2 Å². The highest BCUT2D eigenvalue weighted by molar-refractivity contribution is 7.12. The number of halogens is 2. The third kappa shape index (κ3) is 3.17. The summed E-state index contributed by atoms with van der Waals surface area (Å²) in [5.41, 5.74) is -0.937. The van der Waals surface area contributed by atoms with Crippen molar-refractivity contribution >= 4 is 29.0 Å². The van der Waals surface area contributed by atoms with Crippen molar-refractivity contribution in [1.82, 2.24) is 5.32 Å². The summed E-state index contributed by atoms with van der Waals surface area (Å²) in [4.78, 5) is 35.2. The predicted octanol–water partition coefficient (Wildman–Crippen LogP) is 2.09. The van der Waals surface area contributed by atoms with Gasteiger partial charge in [0.25, 0.3) is 5.91 Å². The Morgan fingerprint density at radius 1 is 1.09 bits per heavy atom. The summed E-state index contributed by atoms with van der Waals surface area (Å²) in [6.45, 7) is 0. The Hall–Kier alpha value is -2.61. The second-order valence-corrected chi connectivity index (χ2v) is 5.13. The van der Waals surface area contributed by atoms with Crippen molar-refractivity contribution in [2.24, 2.45) is 0 Å². The monoisotopic (exact) mass is 325 g/mol. The van der Waals surface area contributed by atoms with E-state index in [1.807, 2.05) is 5.32 Å². The first kappa shape index (κ1) is 15.8. The first-order valence-electron chi connectivity index (χ1n) is 5.97. The van der Waals surface area contributed by atoms with Crippen molar-refractivity contribution < 1.29 is 28.3 Å². The molecule has 2 N–H and O–H groups in total. The Kier molecular flexibility index (Phi) is 4.62. The van der Waals surface area contributed by atoms with E-state index in [0.29, 0.717) is 0 Å². The molecule has 1 atom stereocenters. The molecule has 0 fully saturated rings. The Balaban J connectivity index is 2.27. The Morgan fingerprint density at radius 3 is 2.23 bits per heavy atom. The maximum atomic E-state index is 13.5. The molecule has 22 heavy (non-hydrogen) atoms. The number of carboxylic acids is 1. The molecule has 0 spiro atoms. The van der Waals surface area contributed by atoms with Crippen LogP contribution < -0.4 is 5.32 Å². The maximum absolute atomic E-state index is 13.5. The van der Waals surface area contributed by atoms with Gasteiger partial charge in [0, 0.05) is 0 Å². The first-order chi connectivity index (χ1) is 10.4. The molecule has 114 valence electrons. The molecule has 0 bridgehead atoms. The average Bonchev–Trinajstić information content (AvgIpc) is 2.97. The van der Waals surface area contributed by atoms with Crippen molar-refractivity contribution in [1.29, 1.82) is 0 Å². The molecular formula is C14H9F2NO4S. The molecular weight excluding hydrogens is 316 g/mol. The number of hydrogen-bond acceptors (Lipinski definition) is 4. The molecule has 0 saturated carbocycles. The molecule has 0 saturated heterocycles. The van der Waals surface area contributed by atoms with Crippen LogP contribution >= 0.6 is 11.3 Å². The van der Waals surface area contributed by atoms with Gasteiger partial charge in [-0.2, -0.15) is 0 Å². The van der Waals surface area contributed by atoms with Gasteiger partial charge in [-0.25, -0.2) is 13.6 Å². The lowest BCUT2D eigenvalue weighted by Gasteiger charge is -2.13. The normalized spacial score (nSPS) is 11.7. The molecule has 2 rings (SSSR count). The number of ketones is 1. The summed E-state index contributed by atoms with van der Waals surface area (Å²) in [6.07, 6.45) is 0. The number of aliphatic carboxylic acids is 1. The summed E-state index contributed by atoms with van der Waals surface area (Å²) >= 11 is 0.994. The molecule has 1 amide bonds. The zero-order valence-electron chi connectivity index (χ0n) is 10.9. The summed E-state index contributed by atoms with van der Waals surface area (Å²) in [5, 5.41) is 12.5. The van der Waals surface area contributed by atoms with E-state index >= 15 is 0 Å². The maximum Gasteiger partial charge on any atom is 0.334 e. The number of carbonyl (C=O) groups excluding carboxylic acids is 2. The largest absolute Gasteiger partial charge is 0.479 e. The molecule has 0 aliphatic carbocycles. The number of Topliss-reactive ketones (excluding diaryl/α,β-unsaturated/α-hetero) is 1. The number of amides is 1. The molecule has 1 heterocycles. The smallest absolute Gasteiger partial charge is 0.334 e. The second kappa shape index (κ2) is 6.44. The highest BCUT2D eigenvalue weighted by Gasteiger charge is 2.31. The van der Waals surface area contributed by atoms with Crippen molar-refractivity contribution in [2.75, 3.05) is 0 Å². The number of hydrogen-bond donors (Lipinski definition) is 2. The van der Waals surface area contributed by atoms with Crippen LogP contribution in [0.5, 0.6) is 0 Å². The third-order valence-electron chi connectivity index (χ3n) is 2.74. The van der Waals surface area contributed by atoms with Gasteiger partial charge < -0.3 is 10.4 Å². The Labute approximate surface area is 127 Å². The zero-order chi connectivity index (χ0) is 16.3. The summed E-state index contributed by atoms with van der Waals surface area (Å²) in [5.74, 6) is -6.10. The molecule has 1 aromatic carbocycles. The van der Waals surface area contributed by atoms with Gasteiger partial charge in [-0.3, -0.25) is 9.59 Å². The van der Waals surface area contributed by atoms with Gasteiger partial charge in [-0.15, -0.1) is 11.3 Å². The van der Waals surface area contributed by atoms with E-state index in [9.17, 15) is 23.2 Å². The highest BCUT2D eigenvalue weighted by atomic mass is 32.1. The highest BCUT2D eigenvalue weighted by Crippen LogP contribution is 2.14. The third-order valence-corrected chi connectivity index (χ3v) is 3.62. The fourth-order valence-electron chi connectivity index (χ4n) is 1.72. The van der Waals surface area contributed by atoms with E-state index in [-0.39, 0.29) is 4.88 Å². The van der Waals surface area contributed by atoms with Crippen LogP contribution in [0.1, 0.15) is 20.0 Å². The molecule has 8 heteroatoms. The summed E-state index contributed by atoms with van der Waals surface area (Å²) in [6, 6.07) is 3.77. The minimum Gasteiger partial charge on any atom is -0.479 e. The van der Waals surface area contributed by atoms with E-state index in [1.165, 1.54) is 12.1 Å². The Morgan fingerprint density at radius 2 is 1.73 bits per heavy atom. The van der Waals surface area contributed by atoms with Crippen molar-refractivity contribution in [3.8, 4) is 0 Å². The molecule has 1 aromatic heterocycles. The molecule has 5 nitrogen and oxygen atoms in total. The number of thiophene rings is 1. The lowest BCUT2D eigenvalue weighted by molar-refractivity contribution is -0.137. The molecule has 0 aliphatic heterocycles.